The van der Waals surface area contributed by atoms with Crippen molar-refractivity contribution < 1.29 is 13.6 Å². The second-order valence-electron chi connectivity index (χ2n) is 3.35. The van der Waals surface area contributed by atoms with Gasteiger partial charge in [-0.1, -0.05) is 0 Å². The molecule has 3 nitrogen and oxygen atoms in total. The van der Waals surface area contributed by atoms with Crippen LogP contribution in [0.25, 0.3) is 0 Å². The van der Waals surface area contributed by atoms with Crippen LogP contribution in [0.2, 0.25) is 0 Å². The van der Waals surface area contributed by atoms with Crippen molar-refractivity contribution in [2.75, 3.05) is 18.4 Å². The van der Waals surface area contributed by atoms with Crippen LogP contribution in [0.1, 0.15) is 13.8 Å². The van der Waals surface area contributed by atoms with E-state index in [1.165, 1.54) is 11.0 Å². The Kier molecular flexibility index (Phi) is 4.86. The second-order valence-corrected chi connectivity index (χ2v) is 4.20. The first-order chi connectivity index (χ1) is 7.99. The highest BCUT2D eigenvalue weighted by Gasteiger charge is 2.14. The summed E-state index contributed by atoms with van der Waals surface area (Å²) >= 11 is 2.93. The Morgan fingerprint density at radius 2 is 1.88 bits per heavy atom. The maximum absolute atomic E-state index is 13.4. The first kappa shape index (κ1) is 13.9. The summed E-state index contributed by atoms with van der Waals surface area (Å²) in [6.45, 7) is 4.68. The van der Waals surface area contributed by atoms with Gasteiger partial charge < -0.3 is 10.2 Å². The monoisotopic (exact) mass is 306 g/mol. The number of benzene rings is 1. The largest absolute Gasteiger partial charge is 0.325 e. The zero-order chi connectivity index (χ0) is 13.0. The molecule has 1 aromatic carbocycles. The fourth-order valence-electron chi connectivity index (χ4n) is 1.32. The number of carbonyl (C=O) groups excluding carboxylic acids is 1. The molecule has 0 heterocycles. The number of urea groups is 1. The van der Waals surface area contributed by atoms with Crippen molar-refractivity contribution in [1.29, 1.82) is 0 Å². The molecule has 17 heavy (non-hydrogen) atoms. The van der Waals surface area contributed by atoms with E-state index in [4.69, 9.17) is 0 Å². The number of amides is 2. The molecule has 1 aromatic rings. The molecule has 1 N–H and O–H groups in total. The third-order valence-electron chi connectivity index (χ3n) is 2.30. The minimum absolute atomic E-state index is 0.0461. The van der Waals surface area contributed by atoms with E-state index in [2.05, 4.69) is 21.2 Å². The van der Waals surface area contributed by atoms with Crippen molar-refractivity contribution in [3.05, 3.63) is 28.2 Å². The summed E-state index contributed by atoms with van der Waals surface area (Å²) in [4.78, 5) is 13.2. The highest BCUT2D eigenvalue weighted by molar-refractivity contribution is 9.10. The van der Waals surface area contributed by atoms with Crippen LogP contribution < -0.4 is 5.32 Å². The lowest BCUT2D eigenvalue weighted by Gasteiger charge is -2.19. The Hall–Kier alpha value is -1.17. The summed E-state index contributed by atoms with van der Waals surface area (Å²) in [5.41, 5.74) is -0.0461. The Bertz CT molecular complexity index is 422. The molecule has 2 amide bonds. The van der Waals surface area contributed by atoms with E-state index in [0.717, 1.165) is 6.07 Å². The predicted molar refractivity (Wildman–Crippen MR) is 66.0 cm³/mol. The fraction of sp³-hybridized carbons (Fsp3) is 0.364. The summed E-state index contributed by atoms with van der Waals surface area (Å²) in [5, 5.41) is 2.40. The molecule has 0 spiro atoms. The van der Waals surface area contributed by atoms with E-state index < -0.39 is 17.7 Å². The minimum Gasteiger partial charge on any atom is -0.325 e. The number of nitrogens with one attached hydrogen (secondary N) is 1. The van der Waals surface area contributed by atoms with Gasteiger partial charge >= 0.3 is 6.03 Å². The van der Waals surface area contributed by atoms with Crippen molar-refractivity contribution in [2.45, 2.75) is 13.8 Å². The first-order valence-corrected chi connectivity index (χ1v) is 5.99. The van der Waals surface area contributed by atoms with Crippen LogP contribution in [-0.2, 0) is 0 Å². The normalized spacial score (nSPS) is 10.2. The Morgan fingerprint density at radius 3 is 2.41 bits per heavy atom. The van der Waals surface area contributed by atoms with Gasteiger partial charge in [0.2, 0.25) is 0 Å². The number of anilines is 1. The molecule has 0 aromatic heterocycles. The molecule has 0 unspecified atom stereocenters. The predicted octanol–water partition coefficient (Wildman–Crippen LogP) is 3.60. The van der Waals surface area contributed by atoms with Gasteiger partial charge in [-0.3, -0.25) is 0 Å². The van der Waals surface area contributed by atoms with Gasteiger partial charge in [-0.2, -0.15) is 0 Å². The smallest absolute Gasteiger partial charge is 0.321 e. The van der Waals surface area contributed by atoms with Gasteiger partial charge in [-0.15, -0.1) is 0 Å². The van der Waals surface area contributed by atoms with Gasteiger partial charge in [0.1, 0.15) is 11.6 Å². The highest BCUT2D eigenvalue weighted by Crippen LogP contribution is 2.23. The van der Waals surface area contributed by atoms with Crippen molar-refractivity contribution >= 4 is 27.6 Å². The zero-order valence-corrected chi connectivity index (χ0v) is 11.1. The van der Waals surface area contributed by atoms with Crippen LogP contribution in [0.4, 0.5) is 19.3 Å². The molecule has 6 heteroatoms. The Morgan fingerprint density at radius 1 is 1.29 bits per heavy atom. The lowest BCUT2D eigenvalue weighted by molar-refractivity contribution is 0.217. The summed E-state index contributed by atoms with van der Waals surface area (Å²) in [7, 11) is 0. The maximum Gasteiger partial charge on any atom is 0.321 e. The van der Waals surface area contributed by atoms with Gasteiger partial charge in [0.15, 0.2) is 0 Å². The average Bonchev–Trinajstić information content (AvgIpc) is 2.27. The number of rotatable bonds is 3. The third kappa shape index (κ3) is 3.39. The molecular formula is C11H13BrF2N2O. The molecule has 0 aliphatic rings. The second kappa shape index (κ2) is 5.95. The van der Waals surface area contributed by atoms with Crippen LogP contribution in [-0.4, -0.2) is 24.0 Å². The fourth-order valence-corrected chi connectivity index (χ4v) is 1.67. The van der Waals surface area contributed by atoms with Crippen LogP contribution >= 0.6 is 15.9 Å². The lowest BCUT2D eigenvalue weighted by atomic mass is 10.3. The van der Waals surface area contributed by atoms with E-state index in [1.54, 1.807) is 0 Å². The van der Waals surface area contributed by atoms with Gasteiger partial charge in [0, 0.05) is 19.2 Å². The lowest BCUT2D eigenvalue weighted by Crippen LogP contribution is -2.34. The van der Waals surface area contributed by atoms with Crippen molar-refractivity contribution in [3.63, 3.8) is 0 Å². The van der Waals surface area contributed by atoms with Crippen LogP contribution in [0.3, 0.4) is 0 Å². The van der Waals surface area contributed by atoms with Gasteiger partial charge in [-0.25, -0.2) is 13.6 Å². The molecule has 0 saturated heterocycles. The minimum atomic E-state index is -0.800. The van der Waals surface area contributed by atoms with E-state index in [-0.39, 0.29) is 10.2 Å². The van der Waals surface area contributed by atoms with E-state index >= 15 is 0 Å². The molecule has 1 rings (SSSR count). The molecule has 0 aliphatic carbocycles. The quantitative estimate of drug-likeness (QED) is 0.850. The average molecular weight is 307 g/mol. The standard InChI is InChI=1S/C11H13BrF2N2O/c1-3-16(4-2)11(17)15-10-5-7(12)8(13)6-9(10)14/h5-6H,3-4H2,1-2H3,(H,15,17). The summed E-state index contributed by atoms with van der Waals surface area (Å²) < 4.78 is 26.5. The van der Waals surface area contributed by atoms with E-state index in [1.807, 2.05) is 13.8 Å². The van der Waals surface area contributed by atoms with Crippen LogP contribution in [0.15, 0.2) is 16.6 Å². The van der Waals surface area contributed by atoms with Crippen molar-refractivity contribution in [3.8, 4) is 0 Å². The van der Waals surface area contributed by atoms with Gasteiger partial charge in [-0.05, 0) is 35.8 Å². The number of carbonyl (C=O) groups is 1. The molecule has 94 valence electrons. The summed E-state index contributed by atoms with van der Waals surface area (Å²) in [6.07, 6.45) is 0. The summed E-state index contributed by atoms with van der Waals surface area (Å²) in [6, 6.07) is 1.51. The molecule has 0 aliphatic heterocycles. The molecule has 0 radical (unpaired) electrons. The SMILES string of the molecule is CCN(CC)C(=O)Nc1cc(Br)c(F)cc1F. The number of hydrogen-bond acceptors (Lipinski definition) is 1. The Balaban J connectivity index is 2.88. The van der Waals surface area contributed by atoms with Crippen LogP contribution in [0.5, 0.6) is 0 Å². The zero-order valence-electron chi connectivity index (χ0n) is 9.56. The maximum atomic E-state index is 13.4. The molecule has 0 bridgehead atoms. The topological polar surface area (TPSA) is 32.3 Å². The highest BCUT2D eigenvalue weighted by atomic mass is 79.9. The van der Waals surface area contributed by atoms with E-state index in [0.29, 0.717) is 13.1 Å². The third-order valence-corrected chi connectivity index (χ3v) is 2.91. The molecular weight excluding hydrogens is 294 g/mol. The number of halogens is 3. The van der Waals surface area contributed by atoms with Gasteiger partial charge in [0.05, 0.1) is 10.2 Å². The summed E-state index contributed by atoms with van der Waals surface area (Å²) in [5.74, 6) is -1.51. The van der Waals surface area contributed by atoms with E-state index in [9.17, 15) is 13.6 Å². The van der Waals surface area contributed by atoms with Crippen molar-refractivity contribution in [2.24, 2.45) is 0 Å². The molecule has 0 fully saturated rings. The molecule has 0 saturated carbocycles. The first-order valence-electron chi connectivity index (χ1n) is 5.20. The Labute approximate surface area is 107 Å². The molecule has 0 atom stereocenters. The number of nitrogens with zero attached hydrogens (tertiary/aromatic N) is 1. The van der Waals surface area contributed by atoms with Crippen LogP contribution in [0, 0.1) is 11.6 Å². The van der Waals surface area contributed by atoms with Gasteiger partial charge in [0.25, 0.3) is 0 Å². The van der Waals surface area contributed by atoms with Crippen molar-refractivity contribution in [1.82, 2.24) is 4.90 Å². The number of hydrogen-bond donors (Lipinski definition) is 1.